The monoisotopic (exact) mass is 340 g/mol. The molecule has 1 unspecified atom stereocenters. The van der Waals surface area contributed by atoms with E-state index >= 15 is 0 Å². The summed E-state index contributed by atoms with van der Waals surface area (Å²) in [7, 11) is 0. The van der Waals surface area contributed by atoms with E-state index in [0.29, 0.717) is 12.1 Å². The summed E-state index contributed by atoms with van der Waals surface area (Å²) in [5, 5.41) is 9.96. The van der Waals surface area contributed by atoms with Gasteiger partial charge in [0.15, 0.2) is 0 Å². The van der Waals surface area contributed by atoms with Gasteiger partial charge in [0.2, 0.25) is 0 Å². The van der Waals surface area contributed by atoms with Crippen molar-refractivity contribution >= 4 is 0 Å². The van der Waals surface area contributed by atoms with Crippen LogP contribution in [0.4, 0.5) is 0 Å². The van der Waals surface area contributed by atoms with Gasteiger partial charge < -0.3 is 9.67 Å². The van der Waals surface area contributed by atoms with Gasteiger partial charge in [0.05, 0.1) is 6.10 Å². The fraction of sp³-hybridized carbons (Fsp3) is 0.550. The molecule has 0 spiro atoms. The number of hydrogen-bond acceptors (Lipinski definition) is 4. The van der Waals surface area contributed by atoms with Crippen molar-refractivity contribution in [2.24, 2.45) is 0 Å². The van der Waals surface area contributed by atoms with E-state index in [9.17, 15) is 5.11 Å². The smallest absolute Gasteiger partial charge is 0.136 e. The fourth-order valence-electron chi connectivity index (χ4n) is 4.54. The number of piperazine rings is 1. The Balaban J connectivity index is 1.55. The second-order valence-electron chi connectivity index (χ2n) is 7.70. The van der Waals surface area contributed by atoms with Crippen molar-refractivity contribution in [1.29, 1.82) is 0 Å². The van der Waals surface area contributed by atoms with Gasteiger partial charge in [0.1, 0.15) is 5.82 Å². The van der Waals surface area contributed by atoms with Crippen molar-refractivity contribution in [2.75, 3.05) is 19.6 Å². The van der Waals surface area contributed by atoms with Gasteiger partial charge in [-0.3, -0.25) is 9.80 Å². The first-order chi connectivity index (χ1) is 12.0. The lowest BCUT2D eigenvalue weighted by Gasteiger charge is -2.42. The Kier molecular flexibility index (Phi) is 4.40. The lowest BCUT2D eigenvalue weighted by Crippen LogP contribution is -2.54. The maximum Gasteiger partial charge on any atom is 0.136 e. The van der Waals surface area contributed by atoms with Gasteiger partial charge in [0.25, 0.3) is 0 Å². The van der Waals surface area contributed by atoms with Crippen molar-refractivity contribution in [1.82, 2.24) is 19.4 Å². The summed E-state index contributed by atoms with van der Waals surface area (Å²) in [5.41, 5.74) is 3.88. The lowest BCUT2D eigenvalue weighted by atomic mass is 10.1. The van der Waals surface area contributed by atoms with Gasteiger partial charge in [0, 0.05) is 55.8 Å². The molecule has 2 fully saturated rings. The van der Waals surface area contributed by atoms with Crippen LogP contribution in [0.25, 0.3) is 5.82 Å². The first-order valence-electron chi connectivity index (χ1n) is 9.28. The molecule has 4 heterocycles. The Morgan fingerprint density at radius 3 is 2.80 bits per heavy atom. The molecule has 25 heavy (non-hydrogen) atoms. The molecule has 0 bridgehead atoms. The van der Waals surface area contributed by atoms with Crippen LogP contribution in [-0.2, 0) is 6.54 Å². The summed E-state index contributed by atoms with van der Waals surface area (Å²) < 4.78 is 2.25. The van der Waals surface area contributed by atoms with E-state index in [1.54, 1.807) is 0 Å². The topological polar surface area (TPSA) is 44.5 Å². The number of aryl methyl sites for hydroxylation is 1. The number of pyridine rings is 1. The van der Waals surface area contributed by atoms with Crippen LogP contribution < -0.4 is 0 Å². The first kappa shape index (κ1) is 16.8. The zero-order chi connectivity index (χ0) is 17.6. The van der Waals surface area contributed by atoms with Crippen LogP contribution in [0.2, 0.25) is 0 Å². The molecule has 2 aliphatic rings. The summed E-state index contributed by atoms with van der Waals surface area (Å²) in [6, 6.07) is 9.37. The normalized spacial score (nSPS) is 27.6. The molecular formula is C20H28N4O. The molecule has 2 aromatic heterocycles. The zero-order valence-corrected chi connectivity index (χ0v) is 15.4. The first-order valence-corrected chi connectivity index (χ1v) is 9.28. The molecule has 0 amide bonds. The highest BCUT2D eigenvalue weighted by Gasteiger charge is 2.38. The molecule has 5 heteroatoms. The number of aliphatic hydroxyl groups is 1. The van der Waals surface area contributed by atoms with Crippen LogP contribution in [-0.4, -0.2) is 62.3 Å². The Morgan fingerprint density at radius 1 is 1.20 bits per heavy atom. The second kappa shape index (κ2) is 6.56. The minimum Gasteiger partial charge on any atom is -0.392 e. The standard InChI is InChI=1S/C20H28N4O/c1-14-8-17(16(3)24(14)20-6-4-5-7-21-20)11-22-12-18-9-19(25)13-23(18)10-15(22)2/h4-8,15,18-19,25H,9-13H2,1-3H3/t15-,18?,19-/m1/s1. The summed E-state index contributed by atoms with van der Waals surface area (Å²) in [5.74, 6) is 0.987. The van der Waals surface area contributed by atoms with Crippen molar-refractivity contribution in [3.8, 4) is 5.82 Å². The van der Waals surface area contributed by atoms with E-state index < -0.39 is 0 Å². The van der Waals surface area contributed by atoms with E-state index in [1.165, 1.54) is 17.0 Å². The molecule has 5 nitrogen and oxygen atoms in total. The van der Waals surface area contributed by atoms with Crippen LogP contribution in [0.15, 0.2) is 30.5 Å². The SMILES string of the molecule is Cc1cc(CN2CC3C[C@@H](O)CN3C[C@H]2C)c(C)n1-c1ccccn1. The molecule has 134 valence electrons. The fourth-order valence-corrected chi connectivity index (χ4v) is 4.54. The molecule has 0 aromatic carbocycles. The van der Waals surface area contributed by atoms with Crippen molar-refractivity contribution in [3.63, 3.8) is 0 Å². The van der Waals surface area contributed by atoms with E-state index in [4.69, 9.17) is 0 Å². The van der Waals surface area contributed by atoms with Crippen LogP contribution in [0.3, 0.4) is 0 Å². The van der Waals surface area contributed by atoms with E-state index in [2.05, 4.69) is 52.3 Å². The predicted molar refractivity (Wildman–Crippen MR) is 98.9 cm³/mol. The van der Waals surface area contributed by atoms with Crippen molar-refractivity contribution < 1.29 is 5.11 Å². The average molecular weight is 340 g/mol. The van der Waals surface area contributed by atoms with Crippen molar-refractivity contribution in [3.05, 3.63) is 47.4 Å². The Labute approximate surface area is 149 Å². The maximum absolute atomic E-state index is 9.96. The summed E-state index contributed by atoms with van der Waals surface area (Å²) >= 11 is 0. The third-order valence-corrected chi connectivity index (χ3v) is 5.86. The van der Waals surface area contributed by atoms with Gasteiger partial charge in [-0.2, -0.15) is 0 Å². The minimum absolute atomic E-state index is 0.147. The molecule has 0 saturated carbocycles. The molecule has 0 radical (unpaired) electrons. The summed E-state index contributed by atoms with van der Waals surface area (Å²) in [6.07, 6.45) is 2.61. The van der Waals surface area contributed by atoms with Gasteiger partial charge in [-0.15, -0.1) is 0 Å². The van der Waals surface area contributed by atoms with E-state index in [-0.39, 0.29) is 6.10 Å². The van der Waals surface area contributed by atoms with Crippen molar-refractivity contribution in [2.45, 2.75) is 51.9 Å². The Hall–Kier alpha value is -1.69. The quantitative estimate of drug-likeness (QED) is 0.930. The Bertz CT molecular complexity index is 742. The number of rotatable bonds is 3. The minimum atomic E-state index is -0.147. The van der Waals surface area contributed by atoms with Gasteiger partial charge in [-0.05, 0) is 51.0 Å². The maximum atomic E-state index is 9.96. The van der Waals surface area contributed by atoms with Crippen LogP contribution in [0.5, 0.6) is 0 Å². The molecule has 2 aliphatic heterocycles. The average Bonchev–Trinajstić information content (AvgIpc) is 3.07. The Morgan fingerprint density at radius 2 is 2.04 bits per heavy atom. The van der Waals surface area contributed by atoms with E-state index in [0.717, 1.165) is 38.4 Å². The largest absolute Gasteiger partial charge is 0.392 e. The molecule has 0 aliphatic carbocycles. The number of fused-ring (bicyclic) bond motifs is 1. The van der Waals surface area contributed by atoms with Crippen LogP contribution >= 0.6 is 0 Å². The molecule has 1 N–H and O–H groups in total. The number of aliphatic hydroxyl groups excluding tert-OH is 1. The lowest BCUT2D eigenvalue weighted by molar-refractivity contribution is 0.0527. The molecule has 4 rings (SSSR count). The van der Waals surface area contributed by atoms with Gasteiger partial charge >= 0.3 is 0 Å². The number of nitrogens with zero attached hydrogens (tertiary/aromatic N) is 4. The highest BCUT2D eigenvalue weighted by atomic mass is 16.3. The zero-order valence-electron chi connectivity index (χ0n) is 15.4. The molecule has 2 aromatic rings. The van der Waals surface area contributed by atoms with E-state index in [1.807, 2.05) is 18.3 Å². The molecular weight excluding hydrogens is 312 g/mol. The third-order valence-electron chi connectivity index (χ3n) is 5.86. The number of hydrogen-bond donors (Lipinski definition) is 1. The number of aromatic nitrogens is 2. The third kappa shape index (κ3) is 3.12. The van der Waals surface area contributed by atoms with Gasteiger partial charge in [-0.1, -0.05) is 6.07 Å². The van der Waals surface area contributed by atoms with Crippen LogP contribution in [0, 0.1) is 13.8 Å². The van der Waals surface area contributed by atoms with Gasteiger partial charge in [-0.25, -0.2) is 4.98 Å². The summed E-state index contributed by atoms with van der Waals surface area (Å²) in [6.45, 7) is 10.6. The molecule has 3 atom stereocenters. The van der Waals surface area contributed by atoms with Crippen LogP contribution in [0.1, 0.15) is 30.3 Å². The molecule has 2 saturated heterocycles. The predicted octanol–water partition coefficient (Wildman–Crippen LogP) is 2.13. The highest BCUT2D eigenvalue weighted by Crippen LogP contribution is 2.28. The second-order valence-corrected chi connectivity index (χ2v) is 7.70. The summed E-state index contributed by atoms with van der Waals surface area (Å²) in [4.78, 5) is 9.55. The highest BCUT2D eigenvalue weighted by molar-refractivity contribution is 5.36.